The predicted molar refractivity (Wildman–Crippen MR) is 67.0 cm³/mol. The molecule has 1 aliphatic heterocycles. The number of carboxylic acid groups (broad SMARTS) is 1. The maximum Gasteiger partial charge on any atom is 0.320 e. The van der Waals surface area contributed by atoms with E-state index in [0.29, 0.717) is 26.2 Å². The lowest BCUT2D eigenvalue weighted by Gasteiger charge is -2.37. The molecule has 1 fully saturated rings. The first kappa shape index (κ1) is 15.4. The average molecular weight is 272 g/mol. The Morgan fingerprint density at radius 3 is 2.16 bits per heavy atom. The molecule has 8 heteroatoms. The molecule has 1 saturated heterocycles. The summed E-state index contributed by atoms with van der Waals surface area (Å²) in [6, 6.07) is -1.49. The van der Waals surface area contributed by atoms with Gasteiger partial charge in [-0.05, 0) is 6.92 Å². The first-order chi connectivity index (χ1) is 8.82. The molecule has 108 valence electrons. The molecule has 5 N–H and O–H groups in total. The Morgan fingerprint density at radius 1 is 1.21 bits per heavy atom. The van der Waals surface area contributed by atoms with Crippen LogP contribution in [0.2, 0.25) is 0 Å². The fourth-order valence-electron chi connectivity index (χ4n) is 2.02. The van der Waals surface area contributed by atoms with Crippen molar-refractivity contribution in [2.45, 2.75) is 25.4 Å². The minimum Gasteiger partial charge on any atom is -0.480 e. The zero-order valence-corrected chi connectivity index (χ0v) is 10.9. The number of piperazine rings is 1. The van der Waals surface area contributed by atoms with Gasteiger partial charge < -0.3 is 21.5 Å². The number of rotatable bonds is 5. The molecule has 0 spiro atoms. The third-order valence-electron chi connectivity index (χ3n) is 3.27. The van der Waals surface area contributed by atoms with Crippen LogP contribution < -0.4 is 11.5 Å². The third kappa shape index (κ3) is 4.18. The van der Waals surface area contributed by atoms with Crippen LogP contribution in [0, 0.1) is 0 Å². The standard InChI is InChI=1S/C11H20N4O4/c1-7(11(18)19)14-2-4-15(5-3-14)10(17)8(12)6-9(13)16/h7-8H,2-6,12H2,1H3,(H2,13,16)(H,18,19). The topological polar surface area (TPSA) is 130 Å². The van der Waals surface area contributed by atoms with Gasteiger partial charge in [0.1, 0.15) is 6.04 Å². The SMILES string of the molecule is CC(C(=O)O)N1CCN(C(=O)C(N)CC(N)=O)CC1. The Balaban J connectivity index is 2.47. The number of carbonyl (C=O) groups is 3. The van der Waals surface area contributed by atoms with Crippen LogP contribution >= 0.6 is 0 Å². The van der Waals surface area contributed by atoms with Crippen molar-refractivity contribution in [2.75, 3.05) is 26.2 Å². The summed E-state index contributed by atoms with van der Waals surface area (Å²) in [5.74, 6) is -1.81. The van der Waals surface area contributed by atoms with Gasteiger partial charge in [0.2, 0.25) is 11.8 Å². The molecule has 1 rings (SSSR count). The summed E-state index contributed by atoms with van der Waals surface area (Å²) in [5.41, 5.74) is 10.6. The molecular weight excluding hydrogens is 252 g/mol. The Kier molecular flexibility index (Phi) is 5.25. The monoisotopic (exact) mass is 272 g/mol. The summed E-state index contributed by atoms with van der Waals surface area (Å²) in [5, 5.41) is 8.90. The number of amides is 2. The number of nitrogens with zero attached hydrogens (tertiary/aromatic N) is 2. The second-order valence-corrected chi connectivity index (χ2v) is 4.65. The highest BCUT2D eigenvalue weighted by atomic mass is 16.4. The van der Waals surface area contributed by atoms with Gasteiger partial charge in [-0.2, -0.15) is 0 Å². The second kappa shape index (κ2) is 6.48. The van der Waals surface area contributed by atoms with Crippen molar-refractivity contribution in [1.82, 2.24) is 9.80 Å². The number of hydrogen-bond acceptors (Lipinski definition) is 5. The van der Waals surface area contributed by atoms with E-state index in [1.165, 1.54) is 0 Å². The highest BCUT2D eigenvalue weighted by molar-refractivity contribution is 5.87. The van der Waals surface area contributed by atoms with Gasteiger partial charge in [-0.1, -0.05) is 0 Å². The van der Waals surface area contributed by atoms with Crippen LogP contribution in [0.3, 0.4) is 0 Å². The van der Waals surface area contributed by atoms with Crippen LogP contribution in [-0.2, 0) is 14.4 Å². The van der Waals surface area contributed by atoms with E-state index < -0.39 is 24.0 Å². The molecule has 0 aliphatic carbocycles. The second-order valence-electron chi connectivity index (χ2n) is 4.65. The summed E-state index contributed by atoms with van der Waals surface area (Å²) in [6.07, 6.45) is -0.176. The van der Waals surface area contributed by atoms with Gasteiger partial charge in [0.05, 0.1) is 12.5 Å². The van der Waals surface area contributed by atoms with Gasteiger partial charge in [0.25, 0.3) is 0 Å². The number of hydrogen-bond donors (Lipinski definition) is 3. The highest BCUT2D eigenvalue weighted by Crippen LogP contribution is 2.08. The number of carbonyl (C=O) groups excluding carboxylic acids is 2. The first-order valence-corrected chi connectivity index (χ1v) is 6.12. The third-order valence-corrected chi connectivity index (χ3v) is 3.27. The molecule has 1 aliphatic rings. The number of carboxylic acids is 1. The molecule has 2 atom stereocenters. The van der Waals surface area contributed by atoms with Crippen molar-refractivity contribution in [1.29, 1.82) is 0 Å². The Hall–Kier alpha value is -1.67. The van der Waals surface area contributed by atoms with Crippen LogP contribution in [0.4, 0.5) is 0 Å². The molecule has 0 aromatic heterocycles. The summed E-state index contributed by atoms with van der Waals surface area (Å²) < 4.78 is 0. The molecule has 2 unspecified atom stereocenters. The molecule has 2 amide bonds. The van der Waals surface area contributed by atoms with Gasteiger partial charge in [-0.3, -0.25) is 19.3 Å². The van der Waals surface area contributed by atoms with Crippen LogP contribution in [0.5, 0.6) is 0 Å². The summed E-state index contributed by atoms with van der Waals surface area (Å²) >= 11 is 0. The summed E-state index contributed by atoms with van der Waals surface area (Å²) in [7, 11) is 0. The molecule has 0 aromatic rings. The maximum atomic E-state index is 11.9. The minimum absolute atomic E-state index is 0.176. The predicted octanol–water partition coefficient (Wildman–Crippen LogP) is -2.19. The van der Waals surface area contributed by atoms with Crippen LogP contribution in [0.25, 0.3) is 0 Å². The largest absolute Gasteiger partial charge is 0.480 e. The van der Waals surface area contributed by atoms with Crippen LogP contribution in [-0.4, -0.2) is 71.0 Å². The van der Waals surface area contributed by atoms with Gasteiger partial charge in [-0.25, -0.2) is 0 Å². The van der Waals surface area contributed by atoms with Crippen LogP contribution in [0.15, 0.2) is 0 Å². The first-order valence-electron chi connectivity index (χ1n) is 6.12. The maximum absolute atomic E-state index is 11.9. The fourth-order valence-corrected chi connectivity index (χ4v) is 2.02. The Morgan fingerprint density at radius 2 is 1.74 bits per heavy atom. The van der Waals surface area contributed by atoms with Crippen molar-refractivity contribution in [3.63, 3.8) is 0 Å². The van der Waals surface area contributed by atoms with E-state index in [0.717, 1.165) is 0 Å². The summed E-state index contributed by atoms with van der Waals surface area (Å²) in [4.78, 5) is 36.8. The Labute approximate surface area is 111 Å². The van der Waals surface area contributed by atoms with Gasteiger partial charge >= 0.3 is 5.97 Å². The van der Waals surface area contributed by atoms with E-state index in [2.05, 4.69) is 0 Å². The molecular formula is C11H20N4O4. The Bertz CT molecular complexity index is 366. The molecule has 19 heavy (non-hydrogen) atoms. The van der Waals surface area contributed by atoms with Gasteiger partial charge in [0.15, 0.2) is 0 Å². The average Bonchev–Trinajstić information content (AvgIpc) is 2.36. The van der Waals surface area contributed by atoms with E-state index in [-0.39, 0.29) is 12.3 Å². The minimum atomic E-state index is -0.916. The van der Waals surface area contributed by atoms with Crippen molar-refractivity contribution in [3.05, 3.63) is 0 Å². The van der Waals surface area contributed by atoms with Crippen molar-refractivity contribution in [2.24, 2.45) is 11.5 Å². The summed E-state index contributed by atoms with van der Waals surface area (Å²) in [6.45, 7) is 3.37. The normalized spacial score (nSPS) is 19.8. The van der Waals surface area contributed by atoms with E-state index in [1.807, 2.05) is 0 Å². The van der Waals surface area contributed by atoms with E-state index in [4.69, 9.17) is 16.6 Å². The molecule has 0 saturated carbocycles. The number of aliphatic carboxylic acids is 1. The quantitative estimate of drug-likeness (QED) is 0.521. The molecule has 1 heterocycles. The molecule has 0 radical (unpaired) electrons. The lowest BCUT2D eigenvalue weighted by molar-refractivity contribution is -0.144. The van der Waals surface area contributed by atoms with E-state index in [1.54, 1.807) is 16.7 Å². The highest BCUT2D eigenvalue weighted by Gasteiger charge is 2.29. The van der Waals surface area contributed by atoms with E-state index in [9.17, 15) is 14.4 Å². The molecule has 8 nitrogen and oxygen atoms in total. The fraction of sp³-hybridized carbons (Fsp3) is 0.727. The lowest BCUT2D eigenvalue weighted by atomic mass is 10.1. The van der Waals surface area contributed by atoms with Gasteiger partial charge in [0, 0.05) is 26.2 Å². The van der Waals surface area contributed by atoms with Crippen molar-refractivity contribution in [3.8, 4) is 0 Å². The number of primary amides is 1. The van der Waals surface area contributed by atoms with Crippen LogP contribution in [0.1, 0.15) is 13.3 Å². The zero-order valence-electron chi connectivity index (χ0n) is 10.9. The smallest absolute Gasteiger partial charge is 0.320 e. The lowest BCUT2D eigenvalue weighted by Crippen LogP contribution is -2.56. The number of nitrogens with two attached hydrogens (primary N) is 2. The van der Waals surface area contributed by atoms with E-state index >= 15 is 0 Å². The molecule has 0 bridgehead atoms. The van der Waals surface area contributed by atoms with Gasteiger partial charge in [-0.15, -0.1) is 0 Å². The zero-order chi connectivity index (χ0) is 14.6. The molecule has 0 aromatic carbocycles. The van der Waals surface area contributed by atoms with Crippen molar-refractivity contribution >= 4 is 17.8 Å². The van der Waals surface area contributed by atoms with Crippen molar-refractivity contribution < 1.29 is 19.5 Å².